The number of esters is 7. The summed E-state index contributed by atoms with van der Waals surface area (Å²) in [5.74, 6) is -5.67. The van der Waals surface area contributed by atoms with E-state index in [9.17, 15) is 33.6 Å². The average Bonchev–Trinajstić information content (AvgIpc) is 3.95. The number of hydrogen-bond acceptors (Lipinski definition) is 18. The molecule has 1 fully saturated rings. The Morgan fingerprint density at radius 3 is 1.60 bits per heavy atom. The van der Waals surface area contributed by atoms with Gasteiger partial charge < -0.3 is 38.5 Å². The Hall–Kier alpha value is -5.68. The predicted octanol–water partition coefficient (Wildman–Crippen LogP) is 6.54. The van der Waals surface area contributed by atoms with Crippen LogP contribution in [0.25, 0.3) is 0 Å². The van der Waals surface area contributed by atoms with E-state index in [0.717, 1.165) is 0 Å². The van der Waals surface area contributed by atoms with Gasteiger partial charge in [-0.3, -0.25) is 48.5 Å². The Bertz CT molecular complexity index is 2340. The molecule has 0 amide bonds. The largest absolute Gasteiger partial charge is 0.469 e. The third kappa shape index (κ3) is 9.97. The van der Waals surface area contributed by atoms with Crippen LogP contribution in [0.15, 0.2) is 49.3 Å². The first-order valence-corrected chi connectivity index (χ1v) is 24.0. The second-order valence-corrected chi connectivity index (χ2v) is 20.7. The number of aliphatic imine (C=N–C) groups is 3. The molecule has 0 aromatic carbocycles. The van der Waals surface area contributed by atoms with E-state index in [-0.39, 0.29) is 64.2 Å². The zero-order chi connectivity index (χ0) is 52.3. The first kappa shape index (κ1) is 55.2. The van der Waals surface area contributed by atoms with Crippen molar-refractivity contribution in [2.75, 3.05) is 49.8 Å². The zero-order valence-corrected chi connectivity index (χ0v) is 43.8. The number of allylic oxidation sites excluding steroid dienone is 6. The number of carbonyl (C=O) groups excluding carboxylic acids is 7. The van der Waals surface area contributed by atoms with Gasteiger partial charge in [0.15, 0.2) is 0 Å². The van der Waals surface area contributed by atoms with Crippen LogP contribution in [0.5, 0.6) is 0 Å². The Labute approximate surface area is 411 Å². The fourth-order valence-electron chi connectivity index (χ4n) is 12.3. The van der Waals surface area contributed by atoms with Crippen LogP contribution in [0, 0.1) is 45.3 Å². The molecule has 0 aliphatic carbocycles. The number of carbonyl (C=O) groups is 7. The maximum Gasteiger partial charge on any atom is 0.306 e. The lowest BCUT2D eigenvalue weighted by molar-refractivity contribution is -0.147. The van der Waals surface area contributed by atoms with E-state index < -0.39 is 98.7 Å². The van der Waals surface area contributed by atoms with Gasteiger partial charge >= 0.3 is 41.8 Å². The lowest BCUT2D eigenvalue weighted by Crippen LogP contribution is -2.55. The minimum atomic E-state index is -1.37. The van der Waals surface area contributed by atoms with Gasteiger partial charge in [0, 0.05) is 105 Å². The first-order valence-electron chi connectivity index (χ1n) is 24.0. The highest BCUT2D eigenvalue weighted by molar-refractivity contribution is 6.10. The van der Waals surface area contributed by atoms with Crippen molar-refractivity contribution >= 4 is 58.9 Å². The van der Waals surface area contributed by atoms with Gasteiger partial charge in [-0.25, -0.2) is 0 Å². The van der Waals surface area contributed by atoms with E-state index in [1.165, 1.54) is 49.8 Å². The Morgan fingerprint density at radius 2 is 1.07 bits per heavy atom. The molecule has 1 saturated heterocycles. The van der Waals surface area contributed by atoms with E-state index >= 15 is 0 Å². The van der Waals surface area contributed by atoms with Crippen molar-refractivity contribution in [3.8, 4) is 0 Å². The van der Waals surface area contributed by atoms with E-state index in [1.807, 2.05) is 47.6 Å². The summed E-state index contributed by atoms with van der Waals surface area (Å²) in [6, 6.07) is -0.888. The summed E-state index contributed by atoms with van der Waals surface area (Å²) >= 11 is 0. The van der Waals surface area contributed by atoms with Crippen LogP contribution in [0.2, 0.25) is 0 Å². The minimum absolute atomic E-state index is 0.0103. The predicted molar refractivity (Wildman–Crippen MR) is 258 cm³/mol. The van der Waals surface area contributed by atoms with Crippen LogP contribution in [-0.4, -0.2) is 120 Å². The number of ether oxygens (including phenoxy) is 7. The van der Waals surface area contributed by atoms with Crippen LogP contribution in [0.3, 0.4) is 0 Å². The van der Waals surface area contributed by atoms with E-state index in [2.05, 4.69) is 19.2 Å². The molecule has 5 heterocycles. The summed E-state index contributed by atoms with van der Waals surface area (Å²) in [5.41, 5.74) is -0.483. The van der Waals surface area contributed by atoms with Gasteiger partial charge in [-0.1, -0.05) is 34.6 Å². The summed E-state index contributed by atoms with van der Waals surface area (Å²) in [7, 11) is 9.21. The van der Waals surface area contributed by atoms with Crippen molar-refractivity contribution in [3.05, 3.63) is 34.3 Å². The third-order valence-electron chi connectivity index (χ3n) is 16.8. The number of rotatable bonds is 18. The van der Waals surface area contributed by atoms with Crippen LogP contribution >= 0.6 is 0 Å². The van der Waals surface area contributed by atoms with Crippen LogP contribution in [-0.2, 0) is 66.7 Å². The maximum absolute atomic E-state index is 14.0. The smallest absolute Gasteiger partial charge is 0.306 e. The summed E-state index contributed by atoms with van der Waals surface area (Å²) in [6.07, 6.45) is 2.42. The molecule has 9 atom stereocenters. The number of nitrogens with zero attached hydrogens (tertiary/aromatic N) is 3. The maximum atomic E-state index is 14.0. The molecule has 1 N–H and O–H groups in total. The summed E-state index contributed by atoms with van der Waals surface area (Å²) in [4.78, 5) is 111. The van der Waals surface area contributed by atoms with Crippen LogP contribution in [0.1, 0.15) is 126 Å². The molecule has 18 nitrogen and oxygen atoms in total. The van der Waals surface area contributed by atoms with Crippen molar-refractivity contribution in [1.29, 1.82) is 0 Å². The molecular weight excluding hydrogens is 905 g/mol. The van der Waals surface area contributed by atoms with E-state index in [1.54, 1.807) is 0 Å². The quantitative estimate of drug-likeness (QED) is 0.113. The number of hydrogen-bond donors (Lipinski definition) is 1. The van der Waals surface area contributed by atoms with Gasteiger partial charge in [-0.2, -0.15) is 0 Å². The highest BCUT2D eigenvalue weighted by atomic mass is 16.5. The molecule has 0 radical (unpaired) electrons. The van der Waals surface area contributed by atoms with Crippen molar-refractivity contribution in [2.24, 2.45) is 60.3 Å². The molecule has 5 rings (SSSR count). The highest BCUT2D eigenvalue weighted by Crippen LogP contribution is 2.62. The van der Waals surface area contributed by atoms with Crippen LogP contribution < -0.4 is 5.32 Å². The fourth-order valence-corrected chi connectivity index (χ4v) is 12.3. The van der Waals surface area contributed by atoms with Gasteiger partial charge in [0.25, 0.3) is 0 Å². The molecule has 0 unspecified atom stereocenters. The SMILES string of the molecule is COC(=O)CC[C@@H]1C2=C(C)C3=N[C@H]([C@H](CC(=O)OC)[C@@]3(C)CCC(=O)OC)[C@@]3(C)N=C(/C(C)=C4\N/C(=C\C(=N2)C1(C)C)[C@@H](CCC(=O)OC)[C@]4(C)CC(=O)OC)[C@@H](CCC(=O)OC)[C@]3(C)CC(=O)OC. The van der Waals surface area contributed by atoms with Crippen molar-refractivity contribution in [2.45, 2.75) is 138 Å². The summed E-state index contributed by atoms with van der Waals surface area (Å²) in [6.45, 7) is 15.7. The van der Waals surface area contributed by atoms with Crippen LogP contribution in [0.4, 0.5) is 0 Å². The lowest BCUT2D eigenvalue weighted by atomic mass is 9.55. The van der Waals surface area contributed by atoms with Gasteiger partial charge in [0.1, 0.15) is 0 Å². The second kappa shape index (κ2) is 21.4. The topological polar surface area (TPSA) is 233 Å². The monoisotopic (exact) mass is 979 g/mol. The minimum Gasteiger partial charge on any atom is -0.469 e. The average molecular weight is 979 g/mol. The molecule has 0 aromatic rings. The third-order valence-corrected chi connectivity index (χ3v) is 16.8. The van der Waals surface area contributed by atoms with Crippen molar-refractivity contribution < 1.29 is 66.7 Å². The van der Waals surface area contributed by atoms with Crippen molar-refractivity contribution in [1.82, 2.24) is 5.32 Å². The highest BCUT2D eigenvalue weighted by Gasteiger charge is 2.66. The standard InChI is InChI=1S/C52H74N4O14/c1-28-43-31(17-20-37(58)65-10)48(3,4)35(54-43)25-34-30(16-19-36(57)64-9)50(6,26-41(62)69-14)46(53-34)29(2)44-32(18-21-38(59)66-11)51(7,27-42(63)70-15)52(8,56-44)47-33(24-40(61)68-13)49(5,45(28)55-47)23-22-39(60)67-12/h25,30-33,47,53H,16-24,26-27H2,1-15H3/b34-25-,43-28?,46-29-/t30-,31-,32-,33+,47-,49-,50+,51+,52-/m1/s1. The van der Waals surface area contributed by atoms with Crippen molar-refractivity contribution in [3.63, 3.8) is 0 Å². The lowest BCUT2D eigenvalue weighted by Gasteiger charge is -2.48. The Kier molecular flexibility index (Phi) is 16.9. The molecular formula is C52H74N4O14. The molecule has 0 spiro atoms. The van der Waals surface area contributed by atoms with Gasteiger partial charge in [-0.15, -0.1) is 0 Å². The molecule has 70 heavy (non-hydrogen) atoms. The Balaban J connectivity index is 2.05. The number of nitrogens with one attached hydrogen (secondary N) is 1. The second-order valence-electron chi connectivity index (χ2n) is 20.7. The molecule has 5 aliphatic rings. The summed E-state index contributed by atoms with van der Waals surface area (Å²) < 4.78 is 36.8. The normalized spacial score (nSPS) is 32.4. The van der Waals surface area contributed by atoms with E-state index in [4.69, 9.17) is 48.1 Å². The molecule has 386 valence electrons. The molecule has 0 aromatic heterocycles. The Morgan fingerprint density at radius 1 is 0.586 bits per heavy atom. The summed E-state index contributed by atoms with van der Waals surface area (Å²) in [5, 5.41) is 3.73. The molecule has 0 saturated carbocycles. The fraction of sp³-hybridized carbons (Fsp3) is 0.692. The number of fused-ring (bicyclic) bond motifs is 6. The van der Waals surface area contributed by atoms with E-state index in [0.29, 0.717) is 51.8 Å². The van der Waals surface area contributed by atoms with Gasteiger partial charge in [0.2, 0.25) is 0 Å². The van der Waals surface area contributed by atoms with Gasteiger partial charge in [-0.05, 0) is 63.7 Å². The molecule has 18 heteroatoms. The molecule has 8 bridgehead atoms. The zero-order valence-electron chi connectivity index (χ0n) is 43.8. The van der Waals surface area contributed by atoms with Gasteiger partial charge in [0.05, 0.1) is 80.6 Å². The number of methoxy groups -OCH3 is 7. The first-order chi connectivity index (χ1) is 32.8. The molecule has 5 aliphatic heterocycles.